The zero-order valence-corrected chi connectivity index (χ0v) is 13.3. The SMILES string of the molecule is CCc1cc(CC)n(CCOc2ccccc2C(N)=S)n1. The lowest BCUT2D eigenvalue weighted by molar-refractivity contribution is 0.288. The number of hydrogen-bond acceptors (Lipinski definition) is 3. The number of aromatic nitrogens is 2. The number of nitrogens with zero attached hydrogens (tertiary/aromatic N) is 2. The number of benzene rings is 1. The molecule has 0 saturated heterocycles. The van der Waals surface area contributed by atoms with Crippen LogP contribution < -0.4 is 10.5 Å². The van der Waals surface area contributed by atoms with Gasteiger partial charge in [-0.05, 0) is 31.0 Å². The molecule has 0 fully saturated rings. The second-order valence-corrected chi connectivity index (χ2v) is 5.21. The van der Waals surface area contributed by atoms with Crippen LogP contribution in [0.5, 0.6) is 5.75 Å². The Hall–Kier alpha value is -1.88. The first kappa shape index (κ1) is 15.5. The lowest BCUT2D eigenvalue weighted by atomic mass is 10.2. The molecule has 4 nitrogen and oxygen atoms in total. The van der Waals surface area contributed by atoms with E-state index < -0.39 is 0 Å². The molecule has 0 unspecified atom stereocenters. The Labute approximate surface area is 130 Å². The van der Waals surface area contributed by atoms with Gasteiger partial charge in [0.2, 0.25) is 0 Å². The summed E-state index contributed by atoms with van der Waals surface area (Å²) in [5.41, 5.74) is 8.83. The van der Waals surface area contributed by atoms with E-state index >= 15 is 0 Å². The third-order valence-corrected chi connectivity index (χ3v) is 3.57. The van der Waals surface area contributed by atoms with Crippen LogP contribution in [0.4, 0.5) is 0 Å². The van der Waals surface area contributed by atoms with E-state index in [1.54, 1.807) is 0 Å². The van der Waals surface area contributed by atoms with E-state index in [0.29, 0.717) is 11.6 Å². The maximum Gasteiger partial charge on any atom is 0.129 e. The smallest absolute Gasteiger partial charge is 0.129 e. The molecule has 5 heteroatoms. The highest BCUT2D eigenvalue weighted by Gasteiger charge is 2.07. The minimum atomic E-state index is 0.354. The van der Waals surface area contributed by atoms with E-state index in [0.717, 1.165) is 36.4 Å². The number of nitrogens with two attached hydrogens (primary N) is 1. The molecule has 21 heavy (non-hydrogen) atoms. The Kier molecular flexibility index (Phi) is 5.33. The number of thiocarbonyl (C=S) groups is 1. The van der Waals surface area contributed by atoms with Crippen molar-refractivity contribution < 1.29 is 4.74 Å². The average Bonchev–Trinajstić information content (AvgIpc) is 2.90. The van der Waals surface area contributed by atoms with E-state index in [2.05, 4.69) is 25.0 Å². The lowest BCUT2D eigenvalue weighted by Gasteiger charge is -2.11. The van der Waals surface area contributed by atoms with Gasteiger partial charge in [-0.15, -0.1) is 0 Å². The normalized spacial score (nSPS) is 10.6. The summed E-state index contributed by atoms with van der Waals surface area (Å²) in [5.74, 6) is 0.728. The topological polar surface area (TPSA) is 53.1 Å². The molecule has 0 aliphatic heterocycles. The number of para-hydroxylation sites is 1. The molecule has 2 rings (SSSR count). The fraction of sp³-hybridized carbons (Fsp3) is 0.375. The van der Waals surface area contributed by atoms with E-state index in [4.69, 9.17) is 22.7 Å². The van der Waals surface area contributed by atoms with Gasteiger partial charge in [0.25, 0.3) is 0 Å². The highest BCUT2D eigenvalue weighted by atomic mass is 32.1. The quantitative estimate of drug-likeness (QED) is 0.799. The molecule has 0 bridgehead atoms. The molecule has 0 spiro atoms. The van der Waals surface area contributed by atoms with Crippen molar-refractivity contribution in [3.8, 4) is 5.75 Å². The van der Waals surface area contributed by atoms with E-state index in [-0.39, 0.29) is 0 Å². The summed E-state index contributed by atoms with van der Waals surface area (Å²) in [7, 11) is 0. The van der Waals surface area contributed by atoms with Crippen LogP contribution >= 0.6 is 12.2 Å². The highest BCUT2D eigenvalue weighted by molar-refractivity contribution is 7.80. The van der Waals surface area contributed by atoms with Crippen molar-refractivity contribution in [1.29, 1.82) is 0 Å². The predicted molar refractivity (Wildman–Crippen MR) is 88.8 cm³/mol. The summed E-state index contributed by atoms with van der Waals surface area (Å²) in [6.45, 7) is 5.50. The largest absolute Gasteiger partial charge is 0.491 e. The highest BCUT2D eigenvalue weighted by Crippen LogP contribution is 2.17. The third-order valence-electron chi connectivity index (χ3n) is 3.35. The van der Waals surface area contributed by atoms with Crippen molar-refractivity contribution >= 4 is 17.2 Å². The van der Waals surface area contributed by atoms with Gasteiger partial charge < -0.3 is 10.5 Å². The summed E-state index contributed by atoms with van der Waals surface area (Å²) < 4.78 is 7.83. The van der Waals surface area contributed by atoms with Crippen LogP contribution in [0.2, 0.25) is 0 Å². The fourth-order valence-electron chi connectivity index (χ4n) is 2.20. The summed E-state index contributed by atoms with van der Waals surface area (Å²) in [5, 5.41) is 4.57. The number of rotatable bonds is 7. The van der Waals surface area contributed by atoms with Crippen LogP contribution in [-0.4, -0.2) is 21.4 Å². The molecule has 0 amide bonds. The number of aryl methyl sites for hydroxylation is 2. The van der Waals surface area contributed by atoms with Crippen molar-refractivity contribution in [2.24, 2.45) is 5.73 Å². The van der Waals surface area contributed by atoms with Crippen molar-refractivity contribution in [1.82, 2.24) is 9.78 Å². The van der Waals surface area contributed by atoms with Gasteiger partial charge in [-0.1, -0.05) is 38.2 Å². The van der Waals surface area contributed by atoms with Crippen LogP contribution in [0.1, 0.15) is 30.8 Å². The van der Waals surface area contributed by atoms with Crippen LogP contribution in [0.3, 0.4) is 0 Å². The van der Waals surface area contributed by atoms with Gasteiger partial charge in [0.1, 0.15) is 17.3 Å². The molecular weight excluding hydrogens is 282 g/mol. The van der Waals surface area contributed by atoms with E-state index in [9.17, 15) is 0 Å². The summed E-state index contributed by atoms with van der Waals surface area (Å²) in [6.07, 6.45) is 1.92. The molecule has 1 aromatic heterocycles. The minimum absolute atomic E-state index is 0.354. The van der Waals surface area contributed by atoms with Gasteiger partial charge in [-0.2, -0.15) is 5.10 Å². The molecule has 2 aromatic rings. The van der Waals surface area contributed by atoms with Gasteiger partial charge in [0, 0.05) is 5.69 Å². The Morgan fingerprint density at radius 1 is 1.29 bits per heavy atom. The van der Waals surface area contributed by atoms with Crippen molar-refractivity contribution in [2.45, 2.75) is 33.2 Å². The van der Waals surface area contributed by atoms with E-state index in [1.165, 1.54) is 5.69 Å². The molecular formula is C16H21N3OS. The van der Waals surface area contributed by atoms with Gasteiger partial charge in [0.15, 0.2) is 0 Å². The van der Waals surface area contributed by atoms with Crippen molar-refractivity contribution in [3.05, 3.63) is 47.3 Å². The van der Waals surface area contributed by atoms with Crippen molar-refractivity contribution in [3.63, 3.8) is 0 Å². The molecule has 1 aromatic carbocycles. The zero-order chi connectivity index (χ0) is 15.2. The zero-order valence-electron chi connectivity index (χ0n) is 12.5. The Morgan fingerprint density at radius 3 is 2.71 bits per heavy atom. The standard InChI is InChI=1S/C16H21N3OS/c1-3-12-11-13(4-2)19(18-12)9-10-20-15-8-6-5-7-14(15)16(17)21/h5-8,11H,3-4,9-10H2,1-2H3,(H2,17,21). The molecule has 0 radical (unpaired) electrons. The lowest BCUT2D eigenvalue weighted by Crippen LogP contribution is -2.15. The van der Waals surface area contributed by atoms with Crippen LogP contribution in [0.15, 0.2) is 30.3 Å². The molecule has 0 aliphatic carbocycles. The average molecular weight is 303 g/mol. The molecule has 2 N–H and O–H groups in total. The fourth-order valence-corrected chi connectivity index (χ4v) is 2.37. The van der Waals surface area contributed by atoms with Crippen LogP contribution in [0, 0.1) is 0 Å². The maximum atomic E-state index is 5.82. The van der Waals surface area contributed by atoms with Gasteiger partial charge >= 0.3 is 0 Å². The monoisotopic (exact) mass is 303 g/mol. The number of hydrogen-bond donors (Lipinski definition) is 1. The van der Waals surface area contributed by atoms with Crippen LogP contribution in [-0.2, 0) is 19.4 Å². The summed E-state index contributed by atoms with van der Waals surface area (Å²) >= 11 is 5.03. The summed E-state index contributed by atoms with van der Waals surface area (Å²) in [6, 6.07) is 9.73. The van der Waals surface area contributed by atoms with Gasteiger partial charge in [-0.3, -0.25) is 4.68 Å². The first-order valence-electron chi connectivity index (χ1n) is 7.23. The molecule has 0 atom stereocenters. The van der Waals surface area contributed by atoms with Crippen LogP contribution in [0.25, 0.3) is 0 Å². The Balaban J connectivity index is 2.02. The first-order valence-corrected chi connectivity index (χ1v) is 7.63. The molecule has 0 saturated carbocycles. The molecule has 1 heterocycles. The summed E-state index contributed by atoms with van der Waals surface area (Å²) in [4.78, 5) is 0.354. The third kappa shape index (κ3) is 3.82. The van der Waals surface area contributed by atoms with Gasteiger partial charge in [0.05, 0.1) is 17.8 Å². The second kappa shape index (κ2) is 7.22. The first-order chi connectivity index (χ1) is 10.2. The number of ether oxygens (including phenoxy) is 1. The molecule has 0 aliphatic rings. The predicted octanol–water partition coefficient (Wildman–Crippen LogP) is 2.72. The maximum absolute atomic E-state index is 5.82. The Bertz CT molecular complexity index is 622. The minimum Gasteiger partial charge on any atom is -0.491 e. The van der Waals surface area contributed by atoms with E-state index in [1.807, 2.05) is 28.9 Å². The van der Waals surface area contributed by atoms with Crippen molar-refractivity contribution in [2.75, 3.05) is 6.61 Å². The Morgan fingerprint density at radius 2 is 2.05 bits per heavy atom. The molecule has 112 valence electrons. The van der Waals surface area contributed by atoms with Gasteiger partial charge in [-0.25, -0.2) is 0 Å². The second-order valence-electron chi connectivity index (χ2n) is 4.77.